The van der Waals surface area contributed by atoms with Crippen LogP contribution in [-0.4, -0.2) is 30.7 Å². The third-order valence-corrected chi connectivity index (χ3v) is 6.07. The zero-order chi connectivity index (χ0) is 18.7. The molecule has 0 amide bonds. The van der Waals surface area contributed by atoms with Gasteiger partial charge in [0.2, 0.25) is 15.9 Å². The molecule has 142 valence electrons. The number of hydrogen-bond acceptors (Lipinski definition) is 6. The summed E-state index contributed by atoms with van der Waals surface area (Å²) in [6.45, 7) is 0. The number of hydrogen-bond donors (Lipinski definition) is 1. The van der Waals surface area contributed by atoms with Crippen LogP contribution in [0.4, 0.5) is 0 Å². The molecule has 3 aromatic rings. The topological polar surface area (TPSA) is 94.3 Å². The third kappa shape index (κ3) is 4.45. The molecule has 1 aliphatic rings. The molecule has 4 rings (SSSR count). The Bertz CT molecular complexity index is 996. The lowest BCUT2D eigenvalue weighted by atomic mass is 9.94. The van der Waals surface area contributed by atoms with E-state index < -0.39 is 10.0 Å². The van der Waals surface area contributed by atoms with Crippen LogP contribution in [0.2, 0.25) is 0 Å². The molecule has 1 saturated carbocycles. The zero-order valence-electron chi connectivity index (χ0n) is 14.7. The van der Waals surface area contributed by atoms with Crippen molar-refractivity contribution in [1.82, 2.24) is 14.9 Å². The van der Waals surface area contributed by atoms with Crippen LogP contribution in [0.1, 0.15) is 31.4 Å². The number of aromatic nitrogens is 2. The van der Waals surface area contributed by atoms with E-state index >= 15 is 0 Å². The SMILES string of the molecule is O=S(=O)(Cc1noc2ccccc12)NC1CCC(Oc2ccccn2)CC1. The number of ether oxygens (including phenoxy) is 1. The van der Waals surface area contributed by atoms with Crippen molar-refractivity contribution in [3.05, 3.63) is 54.4 Å². The average Bonchev–Trinajstić information content (AvgIpc) is 3.06. The lowest BCUT2D eigenvalue weighted by molar-refractivity contribution is 0.138. The second-order valence-electron chi connectivity index (χ2n) is 6.76. The molecule has 1 aliphatic carbocycles. The molecule has 0 bridgehead atoms. The number of nitrogens with zero attached hydrogens (tertiary/aromatic N) is 2. The maximum absolute atomic E-state index is 12.5. The maximum Gasteiger partial charge on any atom is 0.217 e. The van der Waals surface area contributed by atoms with Crippen molar-refractivity contribution < 1.29 is 17.7 Å². The van der Waals surface area contributed by atoms with Crippen molar-refractivity contribution in [3.8, 4) is 5.88 Å². The Morgan fingerprint density at radius 3 is 2.63 bits per heavy atom. The first-order valence-corrected chi connectivity index (χ1v) is 10.7. The first kappa shape index (κ1) is 17.9. The van der Waals surface area contributed by atoms with Crippen LogP contribution in [0.15, 0.2) is 53.2 Å². The van der Waals surface area contributed by atoms with Gasteiger partial charge in [0.1, 0.15) is 17.6 Å². The van der Waals surface area contributed by atoms with Crippen molar-refractivity contribution in [2.24, 2.45) is 0 Å². The number of rotatable bonds is 6. The molecule has 0 aliphatic heterocycles. The Kier molecular flexibility index (Phi) is 5.09. The minimum atomic E-state index is -3.50. The van der Waals surface area contributed by atoms with E-state index in [4.69, 9.17) is 9.26 Å². The third-order valence-electron chi connectivity index (χ3n) is 4.72. The van der Waals surface area contributed by atoms with Crippen molar-refractivity contribution in [1.29, 1.82) is 0 Å². The van der Waals surface area contributed by atoms with Crippen LogP contribution < -0.4 is 9.46 Å². The Morgan fingerprint density at radius 1 is 1.07 bits per heavy atom. The lowest BCUT2D eigenvalue weighted by Gasteiger charge is -2.28. The van der Waals surface area contributed by atoms with Gasteiger partial charge in [0.25, 0.3) is 0 Å². The molecule has 27 heavy (non-hydrogen) atoms. The summed E-state index contributed by atoms with van der Waals surface area (Å²) in [5, 5.41) is 4.64. The van der Waals surface area contributed by atoms with E-state index in [9.17, 15) is 8.42 Å². The van der Waals surface area contributed by atoms with Crippen LogP contribution >= 0.6 is 0 Å². The van der Waals surface area contributed by atoms with E-state index in [1.165, 1.54) is 0 Å². The average molecular weight is 387 g/mol. The fraction of sp³-hybridized carbons (Fsp3) is 0.368. The molecule has 1 fully saturated rings. The monoisotopic (exact) mass is 387 g/mol. The largest absolute Gasteiger partial charge is 0.474 e. The molecular weight excluding hydrogens is 366 g/mol. The predicted octanol–water partition coefficient (Wildman–Crippen LogP) is 3.03. The van der Waals surface area contributed by atoms with E-state index in [-0.39, 0.29) is 17.9 Å². The van der Waals surface area contributed by atoms with Crippen molar-refractivity contribution in [3.63, 3.8) is 0 Å². The fourth-order valence-electron chi connectivity index (χ4n) is 3.40. The summed E-state index contributed by atoms with van der Waals surface area (Å²) in [5.41, 5.74) is 1.03. The van der Waals surface area contributed by atoms with Gasteiger partial charge in [-0.05, 0) is 43.9 Å². The highest BCUT2D eigenvalue weighted by Gasteiger charge is 2.27. The Balaban J connectivity index is 1.33. The van der Waals surface area contributed by atoms with Crippen LogP contribution in [0, 0.1) is 0 Å². The molecule has 2 heterocycles. The smallest absolute Gasteiger partial charge is 0.217 e. The minimum absolute atomic E-state index is 0.0696. The number of nitrogens with one attached hydrogen (secondary N) is 1. The van der Waals surface area contributed by atoms with Gasteiger partial charge in [-0.3, -0.25) is 0 Å². The highest BCUT2D eigenvalue weighted by atomic mass is 32.2. The van der Waals surface area contributed by atoms with Gasteiger partial charge in [0, 0.05) is 23.7 Å². The van der Waals surface area contributed by atoms with E-state index in [0.717, 1.165) is 31.1 Å². The molecule has 0 saturated heterocycles. The summed E-state index contributed by atoms with van der Waals surface area (Å²) in [6, 6.07) is 12.7. The summed E-state index contributed by atoms with van der Waals surface area (Å²) in [4.78, 5) is 4.17. The van der Waals surface area contributed by atoms with Crippen molar-refractivity contribution in [2.75, 3.05) is 0 Å². The highest BCUT2D eigenvalue weighted by molar-refractivity contribution is 7.88. The standard InChI is InChI=1S/C19H21N3O4S/c23-27(24,13-17-16-5-1-2-6-18(16)26-21-17)22-14-8-10-15(11-9-14)25-19-7-3-4-12-20-19/h1-7,12,14-15,22H,8-11,13H2. The van der Waals surface area contributed by atoms with E-state index in [2.05, 4.69) is 14.9 Å². The maximum atomic E-state index is 12.5. The van der Waals surface area contributed by atoms with E-state index in [0.29, 0.717) is 17.2 Å². The van der Waals surface area contributed by atoms with Gasteiger partial charge in [0.05, 0.1) is 0 Å². The molecule has 0 unspecified atom stereocenters. The number of sulfonamides is 1. The summed E-state index contributed by atoms with van der Waals surface area (Å²) in [7, 11) is -3.50. The van der Waals surface area contributed by atoms with Gasteiger partial charge >= 0.3 is 0 Å². The quantitative estimate of drug-likeness (QED) is 0.699. The summed E-state index contributed by atoms with van der Waals surface area (Å²) in [5.74, 6) is 0.424. The van der Waals surface area contributed by atoms with Crippen LogP contribution in [0.3, 0.4) is 0 Å². The molecule has 8 heteroatoms. The Morgan fingerprint density at radius 2 is 1.85 bits per heavy atom. The van der Waals surface area contributed by atoms with E-state index in [1.807, 2.05) is 36.4 Å². The Hall–Kier alpha value is -2.45. The van der Waals surface area contributed by atoms with Gasteiger partial charge in [0.15, 0.2) is 5.58 Å². The predicted molar refractivity (Wildman–Crippen MR) is 101 cm³/mol. The normalized spacial score (nSPS) is 20.6. The lowest BCUT2D eigenvalue weighted by Crippen LogP contribution is -2.40. The highest BCUT2D eigenvalue weighted by Crippen LogP contribution is 2.24. The second kappa shape index (κ2) is 7.66. The van der Waals surface area contributed by atoms with E-state index in [1.54, 1.807) is 12.3 Å². The van der Waals surface area contributed by atoms with Crippen LogP contribution in [0.5, 0.6) is 5.88 Å². The van der Waals surface area contributed by atoms with Gasteiger partial charge in [-0.15, -0.1) is 0 Å². The molecule has 7 nitrogen and oxygen atoms in total. The molecule has 2 aromatic heterocycles. The van der Waals surface area contributed by atoms with Gasteiger partial charge in [-0.2, -0.15) is 0 Å². The van der Waals surface area contributed by atoms with Crippen molar-refractivity contribution >= 4 is 21.0 Å². The number of pyridine rings is 1. The summed E-state index contributed by atoms with van der Waals surface area (Å²) < 4.78 is 38.9. The first-order chi connectivity index (χ1) is 13.1. The number of para-hydroxylation sites is 1. The molecule has 1 aromatic carbocycles. The number of fused-ring (bicyclic) bond motifs is 1. The van der Waals surface area contributed by atoms with Gasteiger partial charge in [-0.1, -0.05) is 23.4 Å². The van der Waals surface area contributed by atoms with Gasteiger partial charge < -0.3 is 9.26 Å². The van der Waals surface area contributed by atoms with Crippen LogP contribution in [-0.2, 0) is 15.8 Å². The second-order valence-corrected chi connectivity index (χ2v) is 8.52. The van der Waals surface area contributed by atoms with Crippen molar-refractivity contribution in [2.45, 2.75) is 43.6 Å². The molecule has 0 radical (unpaired) electrons. The summed E-state index contributed by atoms with van der Waals surface area (Å²) >= 11 is 0. The molecule has 0 atom stereocenters. The number of benzene rings is 1. The minimum Gasteiger partial charge on any atom is -0.474 e. The summed E-state index contributed by atoms with van der Waals surface area (Å²) in [6.07, 6.45) is 4.81. The Labute approximate surface area is 157 Å². The van der Waals surface area contributed by atoms with Crippen LogP contribution in [0.25, 0.3) is 11.0 Å². The molecule has 0 spiro atoms. The molecule has 1 N–H and O–H groups in total. The first-order valence-electron chi connectivity index (χ1n) is 9.00. The fourth-order valence-corrected chi connectivity index (χ4v) is 4.80. The zero-order valence-corrected chi connectivity index (χ0v) is 15.6. The molecular formula is C19H21N3O4S. The van der Waals surface area contributed by atoms with Gasteiger partial charge in [-0.25, -0.2) is 18.1 Å².